The summed E-state index contributed by atoms with van der Waals surface area (Å²) in [5.41, 5.74) is 2.99. The molecule has 1 aromatic heterocycles. The van der Waals surface area contributed by atoms with Crippen LogP contribution in [0.3, 0.4) is 0 Å². The molecule has 0 radical (unpaired) electrons. The molecule has 6 heteroatoms. The van der Waals surface area contributed by atoms with E-state index in [0.717, 1.165) is 16.8 Å². The molecule has 2 rings (SSSR count). The van der Waals surface area contributed by atoms with Gasteiger partial charge in [-0.1, -0.05) is 0 Å². The van der Waals surface area contributed by atoms with Crippen LogP contribution in [-0.4, -0.2) is 36.7 Å². The van der Waals surface area contributed by atoms with Crippen molar-refractivity contribution in [2.75, 3.05) is 19.5 Å². The topological polar surface area (TPSA) is 69.4 Å². The second-order valence-corrected chi connectivity index (χ2v) is 4.55. The number of nitrogens with zero attached hydrogens (tertiary/aromatic N) is 2. The Kier molecular flexibility index (Phi) is 4.70. The van der Waals surface area contributed by atoms with Crippen molar-refractivity contribution in [3.63, 3.8) is 0 Å². The third kappa shape index (κ3) is 3.15. The average Bonchev–Trinajstić information content (AvgIpc) is 2.96. The molecule has 6 nitrogen and oxygen atoms in total. The fourth-order valence-electron chi connectivity index (χ4n) is 2.08. The fraction of sp³-hybridized carbons (Fsp3) is 0.429. The molecule has 0 amide bonds. The first-order chi connectivity index (χ1) is 9.65. The third-order valence-corrected chi connectivity index (χ3v) is 3.09. The molecule has 1 N–H and O–H groups in total. The molecule has 1 aromatic carbocycles. The van der Waals surface area contributed by atoms with Crippen LogP contribution in [0.5, 0.6) is 0 Å². The second kappa shape index (κ2) is 6.49. The fourth-order valence-corrected chi connectivity index (χ4v) is 2.08. The molecule has 1 atom stereocenters. The van der Waals surface area contributed by atoms with Crippen LogP contribution in [0.2, 0.25) is 0 Å². The van der Waals surface area contributed by atoms with Gasteiger partial charge in [-0.3, -0.25) is 0 Å². The number of aromatic nitrogens is 2. The number of methoxy groups -OCH3 is 2. The molecule has 0 saturated heterocycles. The quantitative estimate of drug-likeness (QED) is 0.818. The van der Waals surface area contributed by atoms with E-state index in [0.29, 0.717) is 5.89 Å². The lowest BCUT2D eigenvalue weighted by Gasteiger charge is -2.24. The van der Waals surface area contributed by atoms with Crippen molar-refractivity contribution in [1.82, 2.24) is 10.2 Å². The largest absolute Gasteiger partial charge is 0.423 e. The predicted molar refractivity (Wildman–Crippen MR) is 75.4 cm³/mol. The number of hydrogen-bond donors (Lipinski definition) is 1. The van der Waals surface area contributed by atoms with Crippen molar-refractivity contribution in [1.29, 1.82) is 0 Å². The standard InChI is InChI=1S/C14H19N3O3/c1-9-7-11(13-17-15-8-20-13)5-6-12(9)16-10(2)14(18-3)19-4/h5-8,10,14,16H,1-4H3. The molecule has 0 saturated carbocycles. The maximum atomic E-state index is 5.24. The molecule has 0 aliphatic carbocycles. The molecule has 0 bridgehead atoms. The van der Waals surface area contributed by atoms with E-state index in [1.807, 2.05) is 32.0 Å². The Morgan fingerprint density at radius 1 is 1.25 bits per heavy atom. The minimum Gasteiger partial charge on any atom is -0.423 e. The number of ether oxygens (including phenoxy) is 2. The zero-order chi connectivity index (χ0) is 14.5. The van der Waals surface area contributed by atoms with Crippen LogP contribution in [0.1, 0.15) is 12.5 Å². The van der Waals surface area contributed by atoms with Crippen molar-refractivity contribution in [3.8, 4) is 11.5 Å². The number of hydrogen-bond acceptors (Lipinski definition) is 6. The molecular formula is C14H19N3O3. The van der Waals surface area contributed by atoms with Crippen LogP contribution in [0, 0.1) is 6.92 Å². The SMILES string of the molecule is COC(OC)C(C)Nc1ccc(-c2nnco2)cc1C. The van der Waals surface area contributed by atoms with E-state index in [2.05, 4.69) is 15.5 Å². The van der Waals surface area contributed by atoms with Gasteiger partial charge in [0, 0.05) is 25.5 Å². The summed E-state index contributed by atoms with van der Waals surface area (Å²) in [4.78, 5) is 0. The van der Waals surface area contributed by atoms with Crippen molar-refractivity contribution in [2.45, 2.75) is 26.2 Å². The predicted octanol–water partition coefficient (Wildman–Crippen LogP) is 2.46. The molecule has 108 valence electrons. The minimum absolute atomic E-state index is 0.0259. The molecular weight excluding hydrogens is 258 g/mol. The monoisotopic (exact) mass is 277 g/mol. The van der Waals surface area contributed by atoms with E-state index < -0.39 is 0 Å². The van der Waals surface area contributed by atoms with E-state index >= 15 is 0 Å². The van der Waals surface area contributed by atoms with E-state index in [-0.39, 0.29) is 12.3 Å². The van der Waals surface area contributed by atoms with Crippen molar-refractivity contribution < 1.29 is 13.9 Å². The Morgan fingerprint density at radius 3 is 2.55 bits per heavy atom. The van der Waals surface area contributed by atoms with Crippen molar-refractivity contribution in [2.24, 2.45) is 0 Å². The van der Waals surface area contributed by atoms with Gasteiger partial charge < -0.3 is 19.2 Å². The molecule has 2 aromatic rings. The van der Waals surface area contributed by atoms with Crippen LogP contribution in [0.4, 0.5) is 5.69 Å². The Morgan fingerprint density at radius 2 is 2.00 bits per heavy atom. The van der Waals surface area contributed by atoms with E-state index in [4.69, 9.17) is 13.9 Å². The molecule has 1 unspecified atom stereocenters. The maximum absolute atomic E-state index is 5.24. The molecule has 20 heavy (non-hydrogen) atoms. The van der Waals surface area contributed by atoms with Gasteiger partial charge in [0.2, 0.25) is 12.3 Å². The zero-order valence-electron chi connectivity index (χ0n) is 12.1. The van der Waals surface area contributed by atoms with Crippen LogP contribution < -0.4 is 5.32 Å². The highest BCUT2D eigenvalue weighted by molar-refractivity contribution is 5.62. The van der Waals surface area contributed by atoms with E-state index in [1.165, 1.54) is 6.39 Å². The van der Waals surface area contributed by atoms with Gasteiger partial charge in [-0.15, -0.1) is 10.2 Å². The van der Waals surface area contributed by atoms with Gasteiger partial charge in [0.25, 0.3) is 0 Å². The van der Waals surface area contributed by atoms with Crippen LogP contribution in [-0.2, 0) is 9.47 Å². The van der Waals surface area contributed by atoms with Gasteiger partial charge in [0.05, 0.1) is 6.04 Å². The Balaban J connectivity index is 2.14. The van der Waals surface area contributed by atoms with Crippen LogP contribution in [0.25, 0.3) is 11.5 Å². The highest BCUT2D eigenvalue weighted by Gasteiger charge is 2.16. The Labute approximate surface area is 118 Å². The minimum atomic E-state index is -0.301. The lowest BCUT2D eigenvalue weighted by Crippen LogP contribution is -2.33. The summed E-state index contributed by atoms with van der Waals surface area (Å²) in [6.07, 6.45) is 1.02. The molecule has 1 heterocycles. The maximum Gasteiger partial charge on any atom is 0.247 e. The third-order valence-electron chi connectivity index (χ3n) is 3.09. The second-order valence-electron chi connectivity index (χ2n) is 4.55. The van der Waals surface area contributed by atoms with Gasteiger partial charge in [0.15, 0.2) is 6.29 Å². The van der Waals surface area contributed by atoms with Gasteiger partial charge in [-0.25, -0.2) is 0 Å². The highest BCUT2D eigenvalue weighted by atomic mass is 16.7. The Hall–Kier alpha value is -1.92. The first-order valence-corrected chi connectivity index (χ1v) is 6.35. The lowest BCUT2D eigenvalue weighted by molar-refractivity contribution is -0.109. The van der Waals surface area contributed by atoms with E-state index in [1.54, 1.807) is 14.2 Å². The number of rotatable bonds is 6. The van der Waals surface area contributed by atoms with Crippen molar-refractivity contribution >= 4 is 5.69 Å². The van der Waals surface area contributed by atoms with Gasteiger partial charge in [-0.2, -0.15) is 0 Å². The average molecular weight is 277 g/mol. The van der Waals surface area contributed by atoms with Crippen molar-refractivity contribution in [3.05, 3.63) is 30.2 Å². The zero-order valence-corrected chi connectivity index (χ0v) is 12.1. The summed E-state index contributed by atoms with van der Waals surface area (Å²) >= 11 is 0. The summed E-state index contributed by atoms with van der Waals surface area (Å²) in [6.45, 7) is 4.02. The highest BCUT2D eigenvalue weighted by Crippen LogP contribution is 2.24. The number of benzene rings is 1. The summed E-state index contributed by atoms with van der Waals surface area (Å²) in [7, 11) is 3.25. The lowest BCUT2D eigenvalue weighted by atomic mass is 10.1. The summed E-state index contributed by atoms with van der Waals surface area (Å²) in [5, 5.41) is 10.9. The van der Waals surface area contributed by atoms with Gasteiger partial charge >= 0.3 is 0 Å². The smallest absolute Gasteiger partial charge is 0.247 e. The summed E-state index contributed by atoms with van der Waals surface area (Å²) in [6, 6.07) is 5.94. The first kappa shape index (κ1) is 14.5. The first-order valence-electron chi connectivity index (χ1n) is 6.35. The molecule has 0 aliphatic rings. The molecule has 0 fully saturated rings. The summed E-state index contributed by atoms with van der Waals surface area (Å²) in [5.74, 6) is 0.513. The van der Waals surface area contributed by atoms with Crippen LogP contribution >= 0.6 is 0 Å². The summed E-state index contributed by atoms with van der Waals surface area (Å²) < 4.78 is 15.7. The number of anilines is 1. The molecule has 0 aliphatic heterocycles. The van der Waals surface area contributed by atoms with Crippen LogP contribution in [0.15, 0.2) is 29.0 Å². The number of aryl methyl sites for hydroxylation is 1. The van der Waals surface area contributed by atoms with Gasteiger partial charge in [-0.05, 0) is 37.6 Å². The van der Waals surface area contributed by atoms with Gasteiger partial charge in [0.1, 0.15) is 0 Å². The van der Waals surface area contributed by atoms with E-state index in [9.17, 15) is 0 Å². The number of nitrogens with one attached hydrogen (secondary N) is 1. The molecule has 0 spiro atoms. The normalized spacial score (nSPS) is 12.7. The Bertz CT molecular complexity index is 539.